The van der Waals surface area contributed by atoms with Crippen molar-refractivity contribution >= 4 is 0 Å². The first-order valence-electron chi connectivity index (χ1n) is 4.28. The average Bonchev–Trinajstić information content (AvgIpc) is 2.31. The molecular formula is C9H16N2O. The molecule has 0 aliphatic heterocycles. The van der Waals surface area contributed by atoms with Crippen LogP contribution in [0.1, 0.15) is 31.2 Å². The molecule has 12 heavy (non-hydrogen) atoms. The minimum absolute atomic E-state index is 0.388. The topological polar surface area (TPSA) is 52.0 Å². The number of nitrogens with two attached hydrogens (primary N) is 1. The maximum absolute atomic E-state index is 5.41. The van der Waals surface area contributed by atoms with Gasteiger partial charge < -0.3 is 10.2 Å². The highest BCUT2D eigenvalue weighted by molar-refractivity contribution is 5.08. The number of aryl methyl sites for hydroxylation is 1. The molecule has 0 aliphatic carbocycles. The zero-order valence-electron chi connectivity index (χ0n) is 7.92. The van der Waals surface area contributed by atoms with Crippen LogP contribution in [0.2, 0.25) is 0 Å². The molecule has 0 radical (unpaired) electrons. The Morgan fingerprint density at radius 1 is 1.50 bits per heavy atom. The van der Waals surface area contributed by atoms with Gasteiger partial charge in [0.1, 0.15) is 5.76 Å². The lowest BCUT2D eigenvalue weighted by Crippen LogP contribution is -1.98. The van der Waals surface area contributed by atoms with Crippen molar-refractivity contribution in [1.82, 2.24) is 4.98 Å². The number of rotatable bonds is 3. The van der Waals surface area contributed by atoms with Crippen LogP contribution in [0.5, 0.6) is 0 Å². The van der Waals surface area contributed by atoms with E-state index in [1.54, 1.807) is 0 Å². The minimum atomic E-state index is 0.388. The molecule has 0 bridgehead atoms. The molecular weight excluding hydrogens is 152 g/mol. The van der Waals surface area contributed by atoms with Crippen LogP contribution < -0.4 is 5.73 Å². The smallest absolute Gasteiger partial charge is 0.208 e. The molecule has 1 aromatic rings. The highest BCUT2D eigenvalue weighted by Crippen LogP contribution is 2.13. The summed E-state index contributed by atoms with van der Waals surface area (Å²) in [6, 6.07) is 0. The number of nitrogens with zero attached hydrogens (tertiary/aromatic N) is 1. The lowest BCUT2D eigenvalue weighted by atomic mass is 10.1. The van der Waals surface area contributed by atoms with Gasteiger partial charge in [0, 0.05) is 0 Å². The van der Waals surface area contributed by atoms with Gasteiger partial charge in [0.25, 0.3) is 0 Å². The van der Waals surface area contributed by atoms with Crippen molar-refractivity contribution in [2.24, 2.45) is 11.7 Å². The van der Waals surface area contributed by atoms with E-state index in [0.717, 1.165) is 17.9 Å². The Balaban J connectivity index is 2.77. The second kappa shape index (κ2) is 3.72. The van der Waals surface area contributed by atoms with Crippen LogP contribution in [0, 0.1) is 12.8 Å². The van der Waals surface area contributed by atoms with E-state index in [2.05, 4.69) is 18.8 Å². The molecule has 68 valence electrons. The molecule has 1 heterocycles. The Kier molecular flexibility index (Phi) is 2.87. The summed E-state index contributed by atoms with van der Waals surface area (Å²) in [7, 11) is 0. The van der Waals surface area contributed by atoms with E-state index < -0.39 is 0 Å². The second-order valence-electron chi connectivity index (χ2n) is 3.41. The van der Waals surface area contributed by atoms with Crippen LogP contribution in [-0.4, -0.2) is 4.98 Å². The predicted molar refractivity (Wildman–Crippen MR) is 47.7 cm³/mol. The van der Waals surface area contributed by atoms with Crippen molar-refractivity contribution in [3.63, 3.8) is 0 Å². The molecule has 0 spiro atoms. The molecule has 0 aliphatic rings. The maximum atomic E-state index is 5.41. The molecule has 0 atom stereocenters. The average molecular weight is 168 g/mol. The molecule has 1 aromatic heterocycles. The van der Waals surface area contributed by atoms with Gasteiger partial charge in [-0.2, -0.15) is 0 Å². The van der Waals surface area contributed by atoms with Gasteiger partial charge in [-0.15, -0.1) is 0 Å². The number of oxazole rings is 1. The van der Waals surface area contributed by atoms with Gasteiger partial charge in [-0.05, 0) is 19.3 Å². The van der Waals surface area contributed by atoms with Gasteiger partial charge in [-0.25, -0.2) is 4.98 Å². The maximum Gasteiger partial charge on any atom is 0.208 e. The summed E-state index contributed by atoms with van der Waals surface area (Å²) in [5.41, 5.74) is 6.45. The van der Waals surface area contributed by atoms with E-state index in [-0.39, 0.29) is 0 Å². The van der Waals surface area contributed by atoms with Gasteiger partial charge in [0.05, 0.1) is 12.2 Å². The molecule has 1 rings (SSSR count). The van der Waals surface area contributed by atoms with E-state index in [1.807, 2.05) is 6.92 Å². The first kappa shape index (κ1) is 9.26. The summed E-state index contributed by atoms with van der Waals surface area (Å²) < 4.78 is 5.33. The standard InChI is InChI=1S/C9H16N2O/c1-6(2)4-8-7(3)12-9(5-10)11-8/h6H,4-5,10H2,1-3H3. The van der Waals surface area contributed by atoms with Crippen LogP contribution in [-0.2, 0) is 13.0 Å². The second-order valence-corrected chi connectivity index (χ2v) is 3.41. The monoisotopic (exact) mass is 168 g/mol. The first-order chi connectivity index (χ1) is 5.63. The van der Waals surface area contributed by atoms with Gasteiger partial charge in [0.2, 0.25) is 5.89 Å². The number of hydrogen-bond donors (Lipinski definition) is 1. The molecule has 0 fully saturated rings. The third kappa shape index (κ3) is 2.08. The van der Waals surface area contributed by atoms with Gasteiger partial charge in [0.15, 0.2) is 0 Å². The van der Waals surface area contributed by atoms with Crippen LogP contribution in [0.15, 0.2) is 4.42 Å². The van der Waals surface area contributed by atoms with E-state index >= 15 is 0 Å². The van der Waals surface area contributed by atoms with E-state index in [9.17, 15) is 0 Å². The molecule has 0 unspecified atom stereocenters. The fourth-order valence-corrected chi connectivity index (χ4v) is 1.15. The summed E-state index contributed by atoms with van der Waals surface area (Å²) in [4.78, 5) is 4.28. The predicted octanol–water partition coefficient (Wildman–Crippen LogP) is 1.64. The van der Waals surface area contributed by atoms with E-state index in [1.165, 1.54) is 0 Å². The van der Waals surface area contributed by atoms with Crippen LogP contribution in [0.3, 0.4) is 0 Å². The number of aromatic nitrogens is 1. The summed E-state index contributed by atoms with van der Waals surface area (Å²) in [5, 5.41) is 0. The molecule has 3 nitrogen and oxygen atoms in total. The fourth-order valence-electron chi connectivity index (χ4n) is 1.15. The Labute approximate surface area is 73.0 Å². The molecule has 2 N–H and O–H groups in total. The van der Waals surface area contributed by atoms with Crippen LogP contribution in [0.25, 0.3) is 0 Å². The van der Waals surface area contributed by atoms with Crippen molar-refractivity contribution in [1.29, 1.82) is 0 Å². The van der Waals surface area contributed by atoms with E-state index in [0.29, 0.717) is 18.4 Å². The van der Waals surface area contributed by atoms with Crippen molar-refractivity contribution in [3.05, 3.63) is 17.3 Å². The Hall–Kier alpha value is -0.830. The molecule has 0 saturated carbocycles. The quantitative estimate of drug-likeness (QED) is 0.746. The van der Waals surface area contributed by atoms with Gasteiger partial charge >= 0.3 is 0 Å². The normalized spacial score (nSPS) is 11.1. The largest absolute Gasteiger partial charge is 0.444 e. The SMILES string of the molecule is Cc1oc(CN)nc1CC(C)C. The summed E-state index contributed by atoms with van der Waals surface area (Å²) >= 11 is 0. The molecule has 0 saturated heterocycles. The third-order valence-electron chi connectivity index (χ3n) is 1.71. The number of hydrogen-bond acceptors (Lipinski definition) is 3. The van der Waals surface area contributed by atoms with E-state index in [4.69, 9.17) is 10.2 Å². The third-order valence-corrected chi connectivity index (χ3v) is 1.71. The minimum Gasteiger partial charge on any atom is -0.444 e. The lowest BCUT2D eigenvalue weighted by Gasteiger charge is -1.99. The van der Waals surface area contributed by atoms with Gasteiger partial charge in [-0.3, -0.25) is 0 Å². The van der Waals surface area contributed by atoms with Crippen LogP contribution in [0.4, 0.5) is 0 Å². The highest BCUT2D eigenvalue weighted by atomic mass is 16.4. The Morgan fingerprint density at radius 2 is 2.17 bits per heavy atom. The fraction of sp³-hybridized carbons (Fsp3) is 0.667. The summed E-state index contributed by atoms with van der Waals surface area (Å²) in [6.07, 6.45) is 0.968. The first-order valence-corrected chi connectivity index (χ1v) is 4.28. The van der Waals surface area contributed by atoms with Crippen molar-refractivity contribution in [2.75, 3.05) is 0 Å². The van der Waals surface area contributed by atoms with Crippen molar-refractivity contribution < 1.29 is 4.42 Å². The highest BCUT2D eigenvalue weighted by Gasteiger charge is 2.09. The summed E-state index contributed by atoms with van der Waals surface area (Å²) in [5.74, 6) is 2.16. The lowest BCUT2D eigenvalue weighted by molar-refractivity contribution is 0.471. The molecule has 0 amide bonds. The van der Waals surface area contributed by atoms with Crippen molar-refractivity contribution in [3.8, 4) is 0 Å². The van der Waals surface area contributed by atoms with Gasteiger partial charge in [-0.1, -0.05) is 13.8 Å². The Bertz CT molecular complexity index is 253. The Morgan fingerprint density at radius 3 is 2.58 bits per heavy atom. The zero-order valence-corrected chi connectivity index (χ0v) is 7.92. The van der Waals surface area contributed by atoms with Crippen LogP contribution >= 0.6 is 0 Å². The summed E-state index contributed by atoms with van der Waals surface area (Å²) in [6.45, 7) is 6.65. The van der Waals surface area contributed by atoms with Crippen molar-refractivity contribution in [2.45, 2.75) is 33.7 Å². The molecule has 3 heteroatoms. The molecule has 0 aromatic carbocycles. The zero-order chi connectivity index (χ0) is 9.14.